The lowest BCUT2D eigenvalue weighted by molar-refractivity contribution is -0.137. The lowest BCUT2D eigenvalue weighted by Gasteiger charge is -2.27. The van der Waals surface area contributed by atoms with Crippen LogP contribution in [0.4, 0.5) is 13.2 Å². The van der Waals surface area contributed by atoms with E-state index in [9.17, 15) is 18.0 Å². The maximum atomic E-state index is 12.4. The maximum absolute atomic E-state index is 12.4. The van der Waals surface area contributed by atoms with Crippen molar-refractivity contribution in [2.45, 2.75) is 31.1 Å². The number of benzene rings is 1. The predicted octanol–water partition coefficient (Wildman–Crippen LogP) is 1.82. The van der Waals surface area contributed by atoms with Crippen LogP contribution in [0, 0.1) is 0 Å². The molecule has 1 N–H and O–H groups in total. The number of nitrogens with zero attached hydrogens (tertiary/aromatic N) is 1. The van der Waals surface area contributed by atoms with Crippen LogP contribution in [0.25, 0.3) is 0 Å². The summed E-state index contributed by atoms with van der Waals surface area (Å²) in [6.07, 6.45) is -3.18. The van der Waals surface area contributed by atoms with Crippen molar-refractivity contribution < 1.29 is 18.0 Å². The molecule has 1 aliphatic heterocycles. The number of fused-ring (bicyclic) bond motifs is 1. The SMILES string of the molecule is O=C(Cc1ccc(C(F)(F)F)cc1)N1CCNC2CC21. The van der Waals surface area contributed by atoms with Crippen LogP contribution in [0.15, 0.2) is 24.3 Å². The van der Waals surface area contributed by atoms with Crippen molar-refractivity contribution >= 4 is 5.91 Å². The van der Waals surface area contributed by atoms with Crippen molar-refractivity contribution in [3.05, 3.63) is 35.4 Å². The fourth-order valence-electron chi connectivity index (χ4n) is 2.68. The van der Waals surface area contributed by atoms with E-state index < -0.39 is 11.7 Å². The molecule has 6 heteroatoms. The van der Waals surface area contributed by atoms with E-state index in [4.69, 9.17) is 0 Å². The summed E-state index contributed by atoms with van der Waals surface area (Å²) in [5.74, 6) is -0.00115. The zero-order valence-corrected chi connectivity index (χ0v) is 10.8. The van der Waals surface area contributed by atoms with E-state index in [1.54, 1.807) is 0 Å². The summed E-state index contributed by atoms with van der Waals surface area (Å²) in [7, 11) is 0. The van der Waals surface area contributed by atoms with Crippen molar-refractivity contribution in [3.63, 3.8) is 0 Å². The van der Waals surface area contributed by atoms with Crippen LogP contribution in [-0.2, 0) is 17.4 Å². The molecule has 2 unspecified atom stereocenters. The van der Waals surface area contributed by atoms with Gasteiger partial charge in [0.1, 0.15) is 0 Å². The van der Waals surface area contributed by atoms with Gasteiger partial charge < -0.3 is 10.2 Å². The van der Waals surface area contributed by atoms with Gasteiger partial charge in [0, 0.05) is 25.2 Å². The van der Waals surface area contributed by atoms with Crippen molar-refractivity contribution in [1.82, 2.24) is 10.2 Å². The molecular formula is C14H15F3N2O. The highest BCUT2D eigenvalue weighted by atomic mass is 19.4. The molecule has 2 aliphatic rings. The number of alkyl halides is 3. The second-order valence-electron chi connectivity index (χ2n) is 5.32. The quantitative estimate of drug-likeness (QED) is 0.898. The highest BCUT2D eigenvalue weighted by Crippen LogP contribution is 2.31. The topological polar surface area (TPSA) is 32.3 Å². The Morgan fingerprint density at radius 2 is 2.00 bits per heavy atom. The molecule has 1 saturated carbocycles. The van der Waals surface area contributed by atoms with Crippen LogP contribution in [-0.4, -0.2) is 36.0 Å². The summed E-state index contributed by atoms with van der Waals surface area (Å²) in [6, 6.07) is 5.52. The van der Waals surface area contributed by atoms with Crippen LogP contribution in [0.3, 0.4) is 0 Å². The smallest absolute Gasteiger partial charge is 0.337 e. The van der Waals surface area contributed by atoms with E-state index in [0.717, 1.165) is 25.1 Å². The van der Waals surface area contributed by atoms with Gasteiger partial charge in [-0.3, -0.25) is 4.79 Å². The fraction of sp³-hybridized carbons (Fsp3) is 0.500. The molecule has 0 spiro atoms. The van der Waals surface area contributed by atoms with E-state index in [0.29, 0.717) is 18.2 Å². The lowest BCUT2D eigenvalue weighted by atomic mass is 10.1. The van der Waals surface area contributed by atoms with Crippen LogP contribution < -0.4 is 5.32 Å². The second-order valence-corrected chi connectivity index (χ2v) is 5.32. The van der Waals surface area contributed by atoms with Crippen LogP contribution in [0.5, 0.6) is 0 Å². The minimum absolute atomic E-state index is 0.00115. The Labute approximate surface area is 114 Å². The molecule has 1 aliphatic carbocycles. The molecular weight excluding hydrogens is 269 g/mol. The summed E-state index contributed by atoms with van der Waals surface area (Å²) in [4.78, 5) is 14.0. The van der Waals surface area contributed by atoms with Crippen molar-refractivity contribution in [2.75, 3.05) is 13.1 Å². The van der Waals surface area contributed by atoms with E-state index in [-0.39, 0.29) is 18.4 Å². The monoisotopic (exact) mass is 284 g/mol. The Hall–Kier alpha value is -1.56. The predicted molar refractivity (Wildman–Crippen MR) is 67.1 cm³/mol. The standard InChI is InChI=1S/C14H15F3N2O/c15-14(16,17)10-3-1-9(2-4-10)7-13(20)19-6-5-18-11-8-12(11)19/h1-4,11-12,18H,5-8H2. The zero-order chi connectivity index (χ0) is 14.3. The van der Waals surface area contributed by atoms with Gasteiger partial charge in [-0.25, -0.2) is 0 Å². The molecule has 0 bridgehead atoms. The van der Waals surface area contributed by atoms with Gasteiger partial charge in [0.15, 0.2) is 0 Å². The average Bonchev–Trinajstić information content (AvgIpc) is 3.17. The highest BCUT2D eigenvalue weighted by Gasteiger charge is 2.45. The molecule has 3 nitrogen and oxygen atoms in total. The van der Waals surface area contributed by atoms with Crippen LogP contribution in [0.2, 0.25) is 0 Å². The molecule has 1 heterocycles. The minimum Gasteiger partial charge on any atom is -0.337 e. The molecule has 3 rings (SSSR count). The van der Waals surface area contributed by atoms with E-state index >= 15 is 0 Å². The largest absolute Gasteiger partial charge is 0.416 e. The maximum Gasteiger partial charge on any atom is 0.416 e. The molecule has 2 atom stereocenters. The third kappa shape index (κ3) is 2.65. The molecule has 1 amide bonds. The summed E-state index contributed by atoms with van der Waals surface area (Å²) >= 11 is 0. The first-order valence-corrected chi connectivity index (χ1v) is 6.64. The molecule has 2 fully saturated rings. The summed E-state index contributed by atoms with van der Waals surface area (Å²) < 4.78 is 37.3. The van der Waals surface area contributed by atoms with E-state index in [1.807, 2.05) is 4.90 Å². The van der Waals surface area contributed by atoms with Gasteiger partial charge in [-0.2, -0.15) is 13.2 Å². The molecule has 20 heavy (non-hydrogen) atoms. The first kappa shape index (κ1) is 13.4. The Balaban J connectivity index is 1.64. The summed E-state index contributed by atoms with van der Waals surface area (Å²) in [5.41, 5.74) is -0.0585. The molecule has 108 valence electrons. The van der Waals surface area contributed by atoms with Gasteiger partial charge in [0.05, 0.1) is 12.0 Å². The van der Waals surface area contributed by atoms with E-state index in [1.165, 1.54) is 12.1 Å². The number of piperazine rings is 1. The third-order valence-corrected chi connectivity index (χ3v) is 3.87. The zero-order valence-electron chi connectivity index (χ0n) is 10.8. The van der Waals surface area contributed by atoms with Crippen molar-refractivity contribution in [2.24, 2.45) is 0 Å². The number of rotatable bonds is 2. The van der Waals surface area contributed by atoms with Crippen LogP contribution >= 0.6 is 0 Å². The van der Waals surface area contributed by atoms with Crippen molar-refractivity contribution in [3.8, 4) is 0 Å². The molecule has 0 aromatic heterocycles. The molecule has 1 saturated heterocycles. The molecule has 1 aromatic carbocycles. The molecule has 1 aromatic rings. The minimum atomic E-state index is -4.33. The normalized spacial score (nSPS) is 25.2. The Morgan fingerprint density at radius 3 is 2.65 bits per heavy atom. The number of halogens is 3. The third-order valence-electron chi connectivity index (χ3n) is 3.87. The van der Waals surface area contributed by atoms with Gasteiger partial charge in [-0.1, -0.05) is 12.1 Å². The van der Waals surface area contributed by atoms with Gasteiger partial charge in [-0.15, -0.1) is 0 Å². The Kier molecular flexibility index (Phi) is 3.20. The van der Waals surface area contributed by atoms with Gasteiger partial charge in [0.2, 0.25) is 5.91 Å². The lowest BCUT2D eigenvalue weighted by Crippen LogP contribution is -2.47. The van der Waals surface area contributed by atoms with Gasteiger partial charge in [0.25, 0.3) is 0 Å². The summed E-state index contributed by atoms with van der Waals surface area (Å²) in [5, 5.41) is 3.31. The van der Waals surface area contributed by atoms with Crippen molar-refractivity contribution in [1.29, 1.82) is 0 Å². The number of nitrogens with one attached hydrogen (secondary N) is 1. The first-order chi connectivity index (χ1) is 9.45. The Morgan fingerprint density at radius 1 is 1.30 bits per heavy atom. The van der Waals surface area contributed by atoms with Gasteiger partial charge in [-0.05, 0) is 24.1 Å². The number of amides is 1. The van der Waals surface area contributed by atoms with E-state index in [2.05, 4.69) is 5.32 Å². The first-order valence-electron chi connectivity index (χ1n) is 6.64. The molecule has 0 radical (unpaired) electrons. The van der Waals surface area contributed by atoms with Crippen LogP contribution in [0.1, 0.15) is 17.5 Å². The number of hydrogen-bond donors (Lipinski definition) is 1. The highest BCUT2D eigenvalue weighted by molar-refractivity contribution is 5.79. The Bertz CT molecular complexity index is 512. The number of carbonyl (C=O) groups is 1. The second kappa shape index (κ2) is 4.77. The van der Waals surface area contributed by atoms with Gasteiger partial charge >= 0.3 is 6.18 Å². The average molecular weight is 284 g/mol. The fourth-order valence-corrected chi connectivity index (χ4v) is 2.68. The number of hydrogen-bond acceptors (Lipinski definition) is 2. The number of carbonyl (C=O) groups excluding carboxylic acids is 1. The summed E-state index contributed by atoms with van der Waals surface area (Å²) in [6.45, 7) is 1.47.